The lowest BCUT2D eigenvalue weighted by Crippen LogP contribution is -2.32. The molecule has 0 radical (unpaired) electrons. The minimum absolute atomic E-state index is 0.126. The second-order valence-corrected chi connectivity index (χ2v) is 7.54. The van der Waals surface area contributed by atoms with Crippen molar-refractivity contribution in [1.82, 2.24) is 10.3 Å². The van der Waals surface area contributed by atoms with Crippen LogP contribution in [-0.2, 0) is 11.2 Å². The van der Waals surface area contributed by atoms with E-state index in [1.165, 1.54) is 17.4 Å². The molecule has 2 N–H and O–H groups in total. The molecule has 0 saturated heterocycles. The van der Waals surface area contributed by atoms with Gasteiger partial charge in [-0.1, -0.05) is 29.8 Å². The lowest BCUT2D eigenvalue weighted by molar-refractivity contribution is -0.115. The molecule has 134 valence electrons. The molecule has 3 aromatic rings. The average Bonchev–Trinajstić information content (AvgIpc) is 3.24. The molecule has 2 aromatic heterocycles. The number of nitrogens with zero attached hydrogens (tertiary/aromatic N) is 1. The molecule has 9 heteroatoms. The SMILES string of the molecule is O=C(CNC(=O)c1ccc(Br)o1)Nc1ncc(Cc2ccccc2Cl)s1. The van der Waals surface area contributed by atoms with Crippen molar-refractivity contribution in [3.05, 3.63) is 68.5 Å². The molecular formula is C17H13BrClN3O3S. The summed E-state index contributed by atoms with van der Waals surface area (Å²) in [6.45, 7) is -0.184. The van der Waals surface area contributed by atoms with E-state index in [2.05, 4.69) is 31.5 Å². The van der Waals surface area contributed by atoms with Gasteiger partial charge in [-0.05, 0) is 39.7 Å². The number of benzene rings is 1. The summed E-state index contributed by atoms with van der Waals surface area (Å²) in [6, 6.07) is 10.7. The maximum absolute atomic E-state index is 12.0. The van der Waals surface area contributed by atoms with Gasteiger partial charge in [-0.3, -0.25) is 9.59 Å². The van der Waals surface area contributed by atoms with Crippen LogP contribution >= 0.6 is 38.9 Å². The molecule has 0 fully saturated rings. The van der Waals surface area contributed by atoms with Crippen LogP contribution in [0.1, 0.15) is 21.0 Å². The highest BCUT2D eigenvalue weighted by Crippen LogP contribution is 2.24. The second kappa shape index (κ2) is 8.48. The Bertz CT molecular complexity index is 941. The highest BCUT2D eigenvalue weighted by atomic mass is 79.9. The number of anilines is 1. The van der Waals surface area contributed by atoms with E-state index in [0.29, 0.717) is 21.2 Å². The van der Waals surface area contributed by atoms with Crippen LogP contribution in [0.3, 0.4) is 0 Å². The first-order valence-corrected chi connectivity index (χ1v) is 9.51. The predicted molar refractivity (Wildman–Crippen MR) is 104 cm³/mol. The third-order valence-corrected chi connectivity index (χ3v) is 5.04. The zero-order valence-corrected chi connectivity index (χ0v) is 16.5. The van der Waals surface area contributed by atoms with Crippen molar-refractivity contribution in [2.24, 2.45) is 0 Å². The fourth-order valence-corrected chi connectivity index (χ4v) is 3.48. The second-order valence-electron chi connectivity index (χ2n) is 5.23. The summed E-state index contributed by atoms with van der Waals surface area (Å²) in [4.78, 5) is 28.9. The number of carbonyl (C=O) groups excluding carboxylic acids is 2. The zero-order chi connectivity index (χ0) is 18.5. The van der Waals surface area contributed by atoms with E-state index in [9.17, 15) is 9.59 Å². The van der Waals surface area contributed by atoms with Crippen molar-refractivity contribution in [3.8, 4) is 0 Å². The van der Waals surface area contributed by atoms with E-state index < -0.39 is 5.91 Å². The fourth-order valence-electron chi connectivity index (χ4n) is 2.12. The quantitative estimate of drug-likeness (QED) is 0.587. The van der Waals surface area contributed by atoms with E-state index in [4.69, 9.17) is 16.0 Å². The Morgan fingerprint density at radius 2 is 2.04 bits per heavy atom. The largest absolute Gasteiger partial charge is 0.444 e. The maximum atomic E-state index is 12.0. The number of rotatable bonds is 6. The third kappa shape index (κ3) is 4.94. The van der Waals surface area contributed by atoms with Gasteiger partial charge in [0.15, 0.2) is 15.6 Å². The molecule has 3 rings (SSSR count). The Balaban J connectivity index is 1.51. The summed E-state index contributed by atoms with van der Waals surface area (Å²) in [5.41, 5.74) is 0.993. The standard InChI is InChI=1S/C17H13BrClN3O3S/c18-14-6-5-13(25-14)16(24)20-9-15(23)22-17-21-8-11(26-17)7-10-3-1-2-4-12(10)19/h1-6,8H,7,9H2,(H,20,24)(H,21,22,23). The third-order valence-electron chi connectivity index (χ3n) is 3.33. The highest BCUT2D eigenvalue weighted by Gasteiger charge is 2.13. The van der Waals surface area contributed by atoms with Crippen LogP contribution in [0.4, 0.5) is 5.13 Å². The number of aromatic nitrogens is 1. The molecule has 0 atom stereocenters. The van der Waals surface area contributed by atoms with Crippen LogP contribution in [0, 0.1) is 0 Å². The first-order chi connectivity index (χ1) is 12.5. The summed E-state index contributed by atoms with van der Waals surface area (Å²) in [7, 11) is 0. The van der Waals surface area contributed by atoms with Crippen LogP contribution in [0.25, 0.3) is 0 Å². The smallest absolute Gasteiger partial charge is 0.287 e. The van der Waals surface area contributed by atoms with Gasteiger partial charge in [0.1, 0.15) is 0 Å². The molecule has 0 aliphatic carbocycles. The molecule has 1 aromatic carbocycles. The van der Waals surface area contributed by atoms with Gasteiger partial charge in [0.2, 0.25) is 5.91 Å². The number of furan rings is 1. The summed E-state index contributed by atoms with van der Waals surface area (Å²) in [5, 5.41) is 6.29. The van der Waals surface area contributed by atoms with Crippen molar-refractivity contribution < 1.29 is 14.0 Å². The maximum Gasteiger partial charge on any atom is 0.287 e. The van der Waals surface area contributed by atoms with Gasteiger partial charge < -0.3 is 15.1 Å². The molecule has 0 saturated carbocycles. The number of halogens is 2. The average molecular weight is 455 g/mol. The molecule has 0 bridgehead atoms. The van der Waals surface area contributed by atoms with Crippen LogP contribution in [0.5, 0.6) is 0 Å². The summed E-state index contributed by atoms with van der Waals surface area (Å²) < 4.78 is 5.56. The van der Waals surface area contributed by atoms with Gasteiger partial charge >= 0.3 is 0 Å². The lowest BCUT2D eigenvalue weighted by atomic mass is 10.1. The van der Waals surface area contributed by atoms with E-state index in [-0.39, 0.29) is 18.2 Å². The number of carbonyl (C=O) groups is 2. The normalized spacial score (nSPS) is 10.5. The summed E-state index contributed by atoms with van der Waals surface area (Å²) >= 11 is 10.6. The Morgan fingerprint density at radius 3 is 2.77 bits per heavy atom. The van der Waals surface area contributed by atoms with Gasteiger partial charge in [-0.2, -0.15) is 0 Å². The monoisotopic (exact) mass is 453 g/mol. The Labute approximate surface area is 166 Å². The van der Waals surface area contributed by atoms with E-state index in [0.717, 1.165) is 10.4 Å². The zero-order valence-electron chi connectivity index (χ0n) is 13.3. The van der Waals surface area contributed by atoms with E-state index in [1.807, 2.05) is 24.3 Å². The summed E-state index contributed by atoms with van der Waals surface area (Å²) in [6.07, 6.45) is 2.33. The number of hydrogen-bond donors (Lipinski definition) is 2. The number of amides is 2. The van der Waals surface area contributed by atoms with Gasteiger partial charge in [-0.15, -0.1) is 11.3 Å². The van der Waals surface area contributed by atoms with Crippen molar-refractivity contribution in [1.29, 1.82) is 0 Å². The molecule has 0 aliphatic rings. The first kappa shape index (κ1) is 18.6. The Kier molecular flexibility index (Phi) is 6.08. The molecule has 26 heavy (non-hydrogen) atoms. The van der Waals surface area contributed by atoms with Gasteiger partial charge in [-0.25, -0.2) is 4.98 Å². The highest BCUT2D eigenvalue weighted by molar-refractivity contribution is 9.10. The van der Waals surface area contributed by atoms with Gasteiger partial charge in [0, 0.05) is 22.5 Å². The molecule has 2 heterocycles. The lowest BCUT2D eigenvalue weighted by Gasteiger charge is -2.03. The van der Waals surface area contributed by atoms with Crippen LogP contribution in [0.2, 0.25) is 5.02 Å². The molecular weight excluding hydrogens is 442 g/mol. The number of thiazole rings is 1. The van der Waals surface area contributed by atoms with Crippen molar-refractivity contribution in [2.45, 2.75) is 6.42 Å². The van der Waals surface area contributed by atoms with Crippen LogP contribution in [0.15, 0.2) is 51.7 Å². The van der Waals surface area contributed by atoms with E-state index >= 15 is 0 Å². The van der Waals surface area contributed by atoms with Crippen molar-refractivity contribution >= 4 is 55.8 Å². The van der Waals surface area contributed by atoms with Gasteiger partial charge in [0.25, 0.3) is 5.91 Å². The summed E-state index contributed by atoms with van der Waals surface area (Å²) in [5.74, 6) is -0.715. The van der Waals surface area contributed by atoms with Crippen LogP contribution in [-0.4, -0.2) is 23.3 Å². The Morgan fingerprint density at radius 1 is 1.23 bits per heavy atom. The molecule has 0 aliphatic heterocycles. The number of hydrogen-bond acceptors (Lipinski definition) is 5. The molecule has 0 unspecified atom stereocenters. The molecule has 6 nitrogen and oxygen atoms in total. The molecule has 0 spiro atoms. The number of nitrogens with one attached hydrogen (secondary N) is 2. The minimum atomic E-state index is -0.468. The van der Waals surface area contributed by atoms with Crippen molar-refractivity contribution in [3.63, 3.8) is 0 Å². The predicted octanol–water partition coefficient (Wildman–Crippen LogP) is 4.11. The van der Waals surface area contributed by atoms with E-state index in [1.54, 1.807) is 12.3 Å². The van der Waals surface area contributed by atoms with Gasteiger partial charge in [0.05, 0.1) is 6.54 Å². The molecule has 2 amide bonds. The fraction of sp³-hybridized carbons (Fsp3) is 0.118. The Hall–Kier alpha value is -2.16. The first-order valence-electron chi connectivity index (χ1n) is 7.53. The van der Waals surface area contributed by atoms with Crippen molar-refractivity contribution in [2.75, 3.05) is 11.9 Å². The van der Waals surface area contributed by atoms with Crippen LogP contribution < -0.4 is 10.6 Å². The minimum Gasteiger partial charge on any atom is -0.444 e. The topological polar surface area (TPSA) is 84.2 Å².